The molecule has 68 valence electrons. The third-order valence-electron chi connectivity index (χ3n) is 1.72. The molecule has 1 amide bonds. The van der Waals surface area contributed by atoms with Crippen LogP contribution in [0.2, 0.25) is 0 Å². The number of hydrogen-bond acceptors (Lipinski definition) is 4. The Hall–Kier alpha value is -0.550. The Bertz CT molecular complexity index is 333. The number of aliphatic imine (C=N–C) groups is 2. The molecule has 0 aromatic rings. The van der Waals surface area contributed by atoms with Crippen LogP contribution >= 0.6 is 23.5 Å². The molecule has 5 heteroatoms. The summed E-state index contributed by atoms with van der Waals surface area (Å²) in [7, 11) is 0. The summed E-state index contributed by atoms with van der Waals surface area (Å²) < 4.78 is 0. The number of rotatable bonds is 2. The lowest BCUT2D eigenvalue weighted by molar-refractivity contribution is -0.116. The van der Waals surface area contributed by atoms with Gasteiger partial charge in [-0.2, -0.15) is 16.8 Å². The van der Waals surface area contributed by atoms with Crippen LogP contribution in [0.5, 0.6) is 0 Å². The Morgan fingerprint density at radius 2 is 2.46 bits per heavy atom. The molecule has 0 saturated carbocycles. The number of fused-ring (bicyclic) bond motifs is 1. The number of amides is 1. The second-order valence-corrected chi connectivity index (χ2v) is 4.54. The van der Waals surface area contributed by atoms with Crippen LogP contribution in [-0.4, -0.2) is 34.7 Å². The van der Waals surface area contributed by atoms with Crippen molar-refractivity contribution in [3.05, 3.63) is 11.5 Å². The van der Waals surface area contributed by atoms with Crippen LogP contribution < -0.4 is 0 Å². The maximum Gasteiger partial charge on any atom is 0.267 e. The van der Waals surface area contributed by atoms with Crippen molar-refractivity contribution in [1.29, 1.82) is 0 Å². The largest absolute Gasteiger partial charge is 0.271 e. The third kappa shape index (κ3) is 1.71. The summed E-state index contributed by atoms with van der Waals surface area (Å²) in [5.74, 6) is 1.29. The van der Waals surface area contributed by atoms with E-state index in [1.165, 1.54) is 11.8 Å². The van der Waals surface area contributed by atoms with Gasteiger partial charge in [-0.1, -0.05) is 0 Å². The van der Waals surface area contributed by atoms with Crippen LogP contribution in [0.15, 0.2) is 21.5 Å². The topological polar surface area (TPSA) is 41.8 Å². The number of allylic oxidation sites excluding steroid dienone is 1. The molecule has 0 fully saturated rings. The molecular weight excluding hydrogens is 204 g/mol. The van der Waals surface area contributed by atoms with Crippen LogP contribution in [0.4, 0.5) is 0 Å². The fourth-order valence-electron chi connectivity index (χ4n) is 1.18. The quantitative estimate of drug-likeness (QED) is 0.694. The molecule has 1 atom stereocenters. The Kier molecular flexibility index (Phi) is 2.55. The molecule has 3 nitrogen and oxygen atoms in total. The van der Waals surface area contributed by atoms with Crippen molar-refractivity contribution in [3.63, 3.8) is 0 Å². The zero-order valence-electron chi connectivity index (χ0n) is 7.06. The molecule has 0 aliphatic carbocycles. The van der Waals surface area contributed by atoms with Crippen molar-refractivity contribution in [3.8, 4) is 0 Å². The normalized spacial score (nSPS) is 25.6. The van der Waals surface area contributed by atoms with Gasteiger partial charge in [0.05, 0.1) is 11.5 Å². The number of amidine groups is 1. The highest BCUT2D eigenvalue weighted by Crippen LogP contribution is 2.26. The standard InChI is InChI=1S/C8H8N2OS2/c1-12-4-6-9-5-2-3-13-7(5)8(11)10-6/h2-3,7H,4H2,1H3. The number of carbonyl (C=O) groups excluding carboxylic acids is 1. The van der Waals surface area contributed by atoms with Gasteiger partial charge in [-0.05, 0) is 17.7 Å². The minimum Gasteiger partial charge on any atom is -0.271 e. The summed E-state index contributed by atoms with van der Waals surface area (Å²) in [5.41, 5.74) is 0.856. The first-order chi connectivity index (χ1) is 6.31. The number of hydrogen-bond donors (Lipinski definition) is 0. The molecule has 2 heterocycles. The molecule has 0 saturated heterocycles. The Morgan fingerprint density at radius 3 is 3.23 bits per heavy atom. The maximum atomic E-state index is 11.4. The zero-order chi connectivity index (χ0) is 9.26. The average Bonchev–Trinajstić information content (AvgIpc) is 2.53. The van der Waals surface area contributed by atoms with Gasteiger partial charge in [-0.3, -0.25) is 4.79 Å². The first kappa shape index (κ1) is 9.02. The highest BCUT2D eigenvalue weighted by atomic mass is 32.2. The maximum absolute atomic E-state index is 11.4. The van der Waals surface area contributed by atoms with Crippen molar-refractivity contribution in [2.45, 2.75) is 5.25 Å². The van der Waals surface area contributed by atoms with Gasteiger partial charge >= 0.3 is 0 Å². The number of thioether (sulfide) groups is 2. The van der Waals surface area contributed by atoms with Gasteiger partial charge in [0.1, 0.15) is 11.1 Å². The van der Waals surface area contributed by atoms with E-state index in [1.807, 2.05) is 17.7 Å². The van der Waals surface area contributed by atoms with E-state index in [1.54, 1.807) is 11.8 Å². The van der Waals surface area contributed by atoms with Crippen molar-refractivity contribution in [2.75, 3.05) is 12.0 Å². The Morgan fingerprint density at radius 1 is 1.62 bits per heavy atom. The Labute approximate surface area is 84.8 Å². The summed E-state index contributed by atoms with van der Waals surface area (Å²) in [6.45, 7) is 0. The zero-order valence-corrected chi connectivity index (χ0v) is 8.69. The van der Waals surface area contributed by atoms with Crippen molar-refractivity contribution < 1.29 is 4.79 Å². The molecular formula is C8H8N2OS2. The highest BCUT2D eigenvalue weighted by molar-refractivity contribution is 8.04. The van der Waals surface area contributed by atoms with Crippen molar-refractivity contribution >= 4 is 41.0 Å². The van der Waals surface area contributed by atoms with Crippen LogP contribution in [0, 0.1) is 0 Å². The van der Waals surface area contributed by atoms with Gasteiger partial charge in [0, 0.05) is 0 Å². The molecule has 2 aliphatic rings. The second-order valence-electron chi connectivity index (χ2n) is 2.65. The highest BCUT2D eigenvalue weighted by Gasteiger charge is 2.29. The van der Waals surface area contributed by atoms with E-state index in [0.29, 0.717) is 11.6 Å². The molecule has 0 aromatic heterocycles. The lowest BCUT2D eigenvalue weighted by atomic mass is 10.2. The molecule has 0 spiro atoms. The predicted octanol–water partition coefficient (Wildman–Crippen LogP) is 1.36. The molecule has 13 heavy (non-hydrogen) atoms. The third-order valence-corrected chi connectivity index (χ3v) is 3.27. The van der Waals surface area contributed by atoms with Gasteiger partial charge in [-0.25, -0.2) is 4.99 Å². The minimum atomic E-state index is -0.161. The van der Waals surface area contributed by atoms with E-state index < -0.39 is 0 Å². The van der Waals surface area contributed by atoms with Gasteiger partial charge in [0.15, 0.2) is 0 Å². The van der Waals surface area contributed by atoms with Crippen LogP contribution in [0.25, 0.3) is 0 Å². The molecule has 0 N–H and O–H groups in total. The first-order valence-corrected chi connectivity index (χ1v) is 6.16. The SMILES string of the molecule is CSCC1=NC(=O)C2SC=CC2=N1. The monoisotopic (exact) mass is 212 g/mol. The molecule has 0 radical (unpaired) electrons. The molecule has 0 bridgehead atoms. The summed E-state index contributed by atoms with van der Waals surface area (Å²) in [6.07, 6.45) is 3.86. The molecule has 1 unspecified atom stereocenters. The smallest absolute Gasteiger partial charge is 0.267 e. The lowest BCUT2D eigenvalue weighted by Gasteiger charge is -2.12. The van der Waals surface area contributed by atoms with E-state index in [4.69, 9.17) is 0 Å². The van der Waals surface area contributed by atoms with Gasteiger partial charge < -0.3 is 0 Å². The molecule has 2 rings (SSSR count). The fraction of sp³-hybridized carbons (Fsp3) is 0.375. The lowest BCUT2D eigenvalue weighted by Crippen LogP contribution is -2.28. The van der Waals surface area contributed by atoms with Crippen LogP contribution in [-0.2, 0) is 4.79 Å². The second kappa shape index (κ2) is 3.67. The van der Waals surface area contributed by atoms with Crippen LogP contribution in [0.3, 0.4) is 0 Å². The van der Waals surface area contributed by atoms with E-state index in [2.05, 4.69) is 9.98 Å². The number of nitrogens with zero attached hydrogens (tertiary/aromatic N) is 2. The van der Waals surface area contributed by atoms with Crippen LogP contribution in [0.1, 0.15) is 0 Å². The fourth-order valence-corrected chi connectivity index (χ4v) is 2.38. The summed E-state index contributed by atoms with van der Waals surface area (Å²) in [5, 5.41) is 1.74. The van der Waals surface area contributed by atoms with E-state index in [-0.39, 0.29) is 11.2 Å². The van der Waals surface area contributed by atoms with Gasteiger partial charge in [0.2, 0.25) is 0 Å². The van der Waals surface area contributed by atoms with E-state index in [0.717, 1.165) is 5.71 Å². The molecule has 2 aliphatic heterocycles. The number of carbonyl (C=O) groups is 1. The first-order valence-electron chi connectivity index (χ1n) is 3.82. The average molecular weight is 212 g/mol. The Balaban J connectivity index is 2.24. The summed E-state index contributed by atoms with van der Waals surface area (Å²) in [4.78, 5) is 19.6. The van der Waals surface area contributed by atoms with Crippen molar-refractivity contribution in [1.82, 2.24) is 0 Å². The van der Waals surface area contributed by atoms with Gasteiger partial charge in [-0.15, -0.1) is 11.8 Å². The van der Waals surface area contributed by atoms with E-state index in [9.17, 15) is 4.79 Å². The summed E-state index contributed by atoms with van der Waals surface area (Å²) in [6, 6.07) is 0. The summed E-state index contributed by atoms with van der Waals surface area (Å²) >= 11 is 3.10. The minimum absolute atomic E-state index is 0.0657. The predicted molar refractivity (Wildman–Crippen MR) is 58.8 cm³/mol. The molecule has 0 aromatic carbocycles. The van der Waals surface area contributed by atoms with E-state index >= 15 is 0 Å². The van der Waals surface area contributed by atoms with Crippen molar-refractivity contribution in [2.24, 2.45) is 9.98 Å². The van der Waals surface area contributed by atoms with Gasteiger partial charge in [0.25, 0.3) is 5.91 Å².